The van der Waals surface area contributed by atoms with E-state index >= 15 is 0 Å². The van der Waals surface area contributed by atoms with Crippen LogP contribution in [0.5, 0.6) is 0 Å². The lowest BCUT2D eigenvalue weighted by atomic mass is 9.95. The molecule has 2 atom stereocenters. The Morgan fingerprint density at radius 2 is 2.00 bits per heavy atom. The van der Waals surface area contributed by atoms with Crippen molar-refractivity contribution in [2.75, 3.05) is 4.90 Å². The normalized spacial score (nSPS) is 18.6. The first kappa shape index (κ1) is 16.9. The van der Waals surface area contributed by atoms with E-state index in [4.69, 9.17) is 10.7 Å². The number of amidine groups is 1. The molecule has 0 aliphatic carbocycles. The quantitative estimate of drug-likeness (QED) is 0.718. The Labute approximate surface area is 157 Å². The van der Waals surface area contributed by atoms with Crippen molar-refractivity contribution in [3.8, 4) is 0 Å². The molecule has 1 aromatic heterocycles. The number of fused-ring (bicyclic) bond motifs is 1. The number of rotatable bonds is 4. The summed E-state index contributed by atoms with van der Waals surface area (Å²) in [5, 5.41) is 0. The molecule has 1 aliphatic rings. The summed E-state index contributed by atoms with van der Waals surface area (Å²) < 4.78 is 1.16. The third-order valence-corrected chi connectivity index (χ3v) is 5.58. The summed E-state index contributed by atoms with van der Waals surface area (Å²) in [6.45, 7) is 4.26. The number of nitrogens with two attached hydrogens (primary N) is 1. The second-order valence-electron chi connectivity index (χ2n) is 6.70. The molecule has 0 spiro atoms. The maximum atomic E-state index is 6.48. The number of anilines is 1. The van der Waals surface area contributed by atoms with Crippen LogP contribution in [-0.2, 0) is 0 Å². The molecule has 0 saturated carbocycles. The van der Waals surface area contributed by atoms with E-state index in [1.807, 2.05) is 24.6 Å². The monoisotopic (exact) mass is 362 g/mol. The lowest BCUT2D eigenvalue weighted by molar-refractivity contribution is 0.718. The number of aliphatic imine (C=N–C) groups is 1. The minimum atomic E-state index is -0.212. The van der Waals surface area contributed by atoms with E-state index in [1.54, 1.807) is 11.3 Å². The van der Waals surface area contributed by atoms with Crippen LogP contribution in [0.3, 0.4) is 0 Å². The van der Waals surface area contributed by atoms with E-state index < -0.39 is 0 Å². The van der Waals surface area contributed by atoms with Gasteiger partial charge in [-0.3, -0.25) is 0 Å². The predicted octanol–water partition coefficient (Wildman–Crippen LogP) is 4.90. The zero-order valence-electron chi connectivity index (χ0n) is 15.0. The van der Waals surface area contributed by atoms with Gasteiger partial charge in [-0.2, -0.15) is 0 Å². The highest BCUT2D eigenvalue weighted by Crippen LogP contribution is 2.30. The molecule has 2 heterocycles. The molecule has 132 valence electrons. The fourth-order valence-corrected chi connectivity index (χ4v) is 4.18. The lowest BCUT2D eigenvalue weighted by Gasteiger charge is -2.32. The van der Waals surface area contributed by atoms with Crippen LogP contribution >= 0.6 is 11.3 Å². The molecule has 3 aromatic rings. The minimum absolute atomic E-state index is 0.212. The summed E-state index contributed by atoms with van der Waals surface area (Å²) in [6.07, 6.45) is 2.75. The standard InChI is InChI=1S/C21H22N4S/c1-14(16-6-4-3-5-7-16)10-17-11-21(22)25(15(2)24-17)18-8-9-19-20(12-18)26-13-23-19/h3-9,11-14,21H,10,22H2,1-2H3/t14-,21?/m0/s1. The molecule has 1 aliphatic heterocycles. The summed E-state index contributed by atoms with van der Waals surface area (Å²) in [5.74, 6) is 1.34. The summed E-state index contributed by atoms with van der Waals surface area (Å²) in [6, 6.07) is 16.8. The first-order valence-electron chi connectivity index (χ1n) is 8.81. The van der Waals surface area contributed by atoms with Gasteiger partial charge in [0.15, 0.2) is 0 Å². The van der Waals surface area contributed by atoms with Crippen molar-refractivity contribution in [3.05, 3.63) is 71.4 Å². The predicted molar refractivity (Wildman–Crippen MR) is 111 cm³/mol. The SMILES string of the molecule is CC1=NC(C[C@H](C)c2ccccc2)=CC(N)N1c1ccc2ncsc2c1. The highest BCUT2D eigenvalue weighted by molar-refractivity contribution is 7.16. The molecule has 1 unspecified atom stereocenters. The van der Waals surface area contributed by atoms with Crippen LogP contribution in [-0.4, -0.2) is 17.0 Å². The van der Waals surface area contributed by atoms with Crippen LogP contribution in [0.15, 0.2) is 70.8 Å². The Morgan fingerprint density at radius 3 is 2.77 bits per heavy atom. The third kappa shape index (κ3) is 3.28. The van der Waals surface area contributed by atoms with Crippen molar-refractivity contribution in [2.24, 2.45) is 10.7 Å². The molecule has 0 radical (unpaired) electrons. The molecule has 2 aromatic carbocycles. The Balaban J connectivity index is 1.56. The van der Waals surface area contributed by atoms with Crippen LogP contribution in [0.4, 0.5) is 5.69 Å². The summed E-state index contributed by atoms with van der Waals surface area (Å²) in [5.41, 5.74) is 12.8. The minimum Gasteiger partial charge on any atom is -0.310 e. The smallest absolute Gasteiger partial charge is 0.107 e. The molecular weight excluding hydrogens is 340 g/mol. The van der Waals surface area contributed by atoms with Gasteiger partial charge in [-0.25, -0.2) is 9.98 Å². The maximum Gasteiger partial charge on any atom is 0.107 e. The molecule has 0 fully saturated rings. The number of benzene rings is 2. The molecular formula is C21H22N4S. The number of hydrogen-bond acceptors (Lipinski definition) is 5. The fraction of sp³-hybridized carbons (Fsp3) is 0.238. The second kappa shape index (κ2) is 7.02. The first-order chi connectivity index (χ1) is 12.6. The summed E-state index contributed by atoms with van der Waals surface area (Å²) >= 11 is 1.64. The molecule has 4 rings (SSSR count). The number of thiazole rings is 1. The average Bonchev–Trinajstić information content (AvgIpc) is 3.10. The number of aromatic nitrogens is 1. The van der Waals surface area contributed by atoms with Crippen LogP contribution in [0.2, 0.25) is 0 Å². The largest absolute Gasteiger partial charge is 0.310 e. The van der Waals surface area contributed by atoms with Gasteiger partial charge in [0.2, 0.25) is 0 Å². The Bertz CT molecular complexity index is 974. The zero-order chi connectivity index (χ0) is 18.1. The molecule has 5 heteroatoms. The van der Waals surface area contributed by atoms with Gasteiger partial charge in [-0.15, -0.1) is 11.3 Å². The highest BCUT2D eigenvalue weighted by atomic mass is 32.1. The topological polar surface area (TPSA) is 54.5 Å². The Kier molecular flexibility index (Phi) is 4.57. The lowest BCUT2D eigenvalue weighted by Crippen LogP contribution is -2.46. The molecule has 26 heavy (non-hydrogen) atoms. The van der Waals surface area contributed by atoms with Crippen molar-refractivity contribution >= 4 is 33.1 Å². The number of nitrogens with zero attached hydrogens (tertiary/aromatic N) is 3. The van der Waals surface area contributed by atoms with E-state index in [0.717, 1.165) is 33.9 Å². The van der Waals surface area contributed by atoms with Gasteiger partial charge in [0, 0.05) is 11.4 Å². The van der Waals surface area contributed by atoms with Crippen LogP contribution < -0.4 is 10.6 Å². The zero-order valence-corrected chi connectivity index (χ0v) is 15.8. The van der Waals surface area contributed by atoms with Gasteiger partial charge in [0.25, 0.3) is 0 Å². The van der Waals surface area contributed by atoms with Gasteiger partial charge in [-0.05, 0) is 49.1 Å². The summed E-state index contributed by atoms with van der Waals surface area (Å²) in [4.78, 5) is 11.3. The van der Waals surface area contributed by atoms with Crippen molar-refractivity contribution in [3.63, 3.8) is 0 Å². The van der Waals surface area contributed by atoms with Gasteiger partial charge in [-0.1, -0.05) is 37.3 Å². The van der Waals surface area contributed by atoms with Crippen molar-refractivity contribution in [1.29, 1.82) is 0 Å². The van der Waals surface area contributed by atoms with Crippen LogP contribution in [0, 0.1) is 0 Å². The van der Waals surface area contributed by atoms with Gasteiger partial charge >= 0.3 is 0 Å². The molecule has 0 bridgehead atoms. The molecule has 0 amide bonds. The molecule has 2 N–H and O–H groups in total. The molecule has 4 nitrogen and oxygen atoms in total. The summed E-state index contributed by atoms with van der Waals surface area (Å²) in [7, 11) is 0. The highest BCUT2D eigenvalue weighted by Gasteiger charge is 2.22. The Hall–Kier alpha value is -2.50. The van der Waals surface area contributed by atoms with Crippen molar-refractivity contribution < 1.29 is 0 Å². The Morgan fingerprint density at radius 1 is 1.19 bits per heavy atom. The van der Waals surface area contributed by atoms with Crippen LogP contribution in [0.1, 0.15) is 31.7 Å². The van der Waals surface area contributed by atoms with E-state index in [1.165, 1.54) is 5.56 Å². The van der Waals surface area contributed by atoms with Gasteiger partial charge < -0.3 is 10.6 Å². The van der Waals surface area contributed by atoms with E-state index in [9.17, 15) is 0 Å². The number of allylic oxidation sites excluding steroid dienone is 1. The molecule has 0 saturated heterocycles. The van der Waals surface area contributed by atoms with Crippen molar-refractivity contribution in [1.82, 2.24) is 4.98 Å². The van der Waals surface area contributed by atoms with Gasteiger partial charge in [0.1, 0.15) is 12.0 Å². The first-order valence-corrected chi connectivity index (χ1v) is 9.69. The van der Waals surface area contributed by atoms with E-state index in [2.05, 4.69) is 59.3 Å². The average molecular weight is 363 g/mol. The van der Waals surface area contributed by atoms with E-state index in [0.29, 0.717) is 5.92 Å². The third-order valence-electron chi connectivity index (χ3n) is 4.79. The fourth-order valence-electron chi connectivity index (χ4n) is 3.47. The number of hydrogen-bond donors (Lipinski definition) is 1. The van der Waals surface area contributed by atoms with Crippen molar-refractivity contribution in [2.45, 2.75) is 32.4 Å². The maximum absolute atomic E-state index is 6.48. The van der Waals surface area contributed by atoms with Gasteiger partial charge in [0.05, 0.1) is 15.7 Å². The van der Waals surface area contributed by atoms with E-state index in [-0.39, 0.29) is 6.17 Å². The second-order valence-corrected chi connectivity index (χ2v) is 7.58. The van der Waals surface area contributed by atoms with Crippen LogP contribution in [0.25, 0.3) is 10.2 Å².